The van der Waals surface area contributed by atoms with Crippen molar-refractivity contribution in [2.24, 2.45) is 0 Å². The van der Waals surface area contributed by atoms with E-state index in [1.807, 2.05) is 6.07 Å². The third kappa shape index (κ3) is 4.92. The van der Waals surface area contributed by atoms with E-state index in [0.717, 1.165) is 61.6 Å². The molecule has 8 aromatic carbocycles. The summed E-state index contributed by atoms with van der Waals surface area (Å²) in [4.78, 5) is 2.37. The molecule has 0 N–H and O–H groups in total. The van der Waals surface area contributed by atoms with Crippen LogP contribution in [0.1, 0.15) is 0 Å². The van der Waals surface area contributed by atoms with E-state index in [1.54, 1.807) is 0 Å². The topological polar surface area (TPSA) is 16.4 Å². The molecule has 0 aliphatic rings. The molecule has 0 aliphatic heterocycles. The van der Waals surface area contributed by atoms with Crippen molar-refractivity contribution < 1.29 is 4.42 Å². The smallest absolute Gasteiger partial charge is 0.143 e. The van der Waals surface area contributed by atoms with Crippen LogP contribution in [0.5, 0.6) is 0 Å². The summed E-state index contributed by atoms with van der Waals surface area (Å²) in [5.74, 6) is 0.894. The molecule has 2 nitrogen and oxygen atoms in total. The molecule has 0 aliphatic carbocycles. The molecule has 2 heteroatoms. The number of nitrogens with zero attached hydrogens (tertiary/aromatic N) is 1. The molecule has 0 amide bonds. The number of hydrogen-bond donors (Lipinski definition) is 0. The van der Waals surface area contributed by atoms with Gasteiger partial charge < -0.3 is 9.32 Å². The molecule has 0 spiro atoms. The Bertz CT molecular complexity index is 2540. The molecule has 0 bridgehead atoms. The van der Waals surface area contributed by atoms with Crippen LogP contribution in [0.4, 0.5) is 17.1 Å². The Balaban J connectivity index is 1.15. The fourth-order valence-corrected chi connectivity index (χ4v) is 6.91. The van der Waals surface area contributed by atoms with E-state index in [0.29, 0.717) is 0 Å². The lowest BCUT2D eigenvalue weighted by Gasteiger charge is -2.27. The van der Waals surface area contributed by atoms with Gasteiger partial charge in [0.1, 0.15) is 11.3 Å². The van der Waals surface area contributed by atoms with Crippen molar-refractivity contribution in [2.75, 3.05) is 4.90 Å². The first-order valence-electron chi connectivity index (χ1n) is 16.3. The van der Waals surface area contributed by atoms with Crippen LogP contribution in [0.15, 0.2) is 192 Å². The number of rotatable bonds is 6. The molecule has 0 saturated carbocycles. The first-order chi connectivity index (χ1) is 23.8. The fourth-order valence-electron chi connectivity index (χ4n) is 6.91. The van der Waals surface area contributed by atoms with Crippen molar-refractivity contribution in [1.82, 2.24) is 0 Å². The molecule has 9 aromatic rings. The Labute approximate surface area is 279 Å². The van der Waals surface area contributed by atoms with Crippen LogP contribution in [-0.4, -0.2) is 0 Å². The SMILES string of the molecule is c1ccc(-c2oc3cc(-c4ccc(N(c5ccc6ccccc6c5)c5cccc6ccccc56)cc4)ccc3c2-c2ccccc2)cc1. The lowest BCUT2D eigenvalue weighted by molar-refractivity contribution is 0.632. The van der Waals surface area contributed by atoms with Gasteiger partial charge in [-0.25, -0.2) is 0 Å². The monoisotopic (exact) mass is 613 g/mol. The summed E-state index contributed by atoms with van der Waals surface area (Å²) >= 11 is 0. The van der Waals surface area contributed by atoms with E-state index in [9.17, 15) is 0 Å². The molecule has 9 rings (SSSR count). The highest BCUT2D eigenvalue weighted by Crippen LogP contribution is 2.43. The van der Waals surface area contributed by atoms with Crippen LogP contribution < -0.4 is 4.90 Å². The molecular formula is C46H31NO. The van der Waals surface area contributed by atoms with Crippen LogP contribution in [0.25, 0.3) is 66.1 Å². The molecule has 1 heterocycles. The Morgan fingerprint density at radius 2 is 0.979 bits per heavy atom. The lowest BCUT2D eigenvalue weighted by atomic mass is 9.97. The van der Waals surface area contributed by atoms with Gasteiger partial charge in [-0.2, -0.15) is 0 Å². The second-order valence-electron chi connectivity index (χ2n) is 12.2. The van der Waals surface area contributed by atoms with Crippen molar-refractivity contribution in [1.29, 1.82) is 0 Å². The zero-order chi connectivity index (χ0) is 31.9. The molecular weight excluding hydrogens is 583 g/mol. The van der Waals surface area contributed by atoms with Crippen molar-refractivity contribution in [3.05, 3.63) is 188 Å². The predicted molar refractivity (Wildman–Crippen MR) is 202 cm³/mol. The second-order valence-corrected chi connectivity index (χ2v) is 12.2. The molecule has 0 saturated heterocycles. The zero-order valence-electron chi connectivity index (χ0n) is 26.3. The van der Waals surface area contributed by atoms with Crippen LogP contribution in [0, 0.1) is 0 Å². The quantitative estimate of drug-likeness (QED) is 0.185. The van der Waals surface area contributed by atoms with Crippen molar-refractivity contribution in [2.45, 2.75) is 0 Å². The highest BCUT2D eigenvalue weighted by atomic mass is 16.3. The molecule has 0 fully saturated rings. The highest BCUT2D eigenvalue weighted by Gasteiger charge is 2.19. The third-order valence-corrected chi connectivity index (χ3v) is 9.25. The summed E-state index contributed by atoms with van der Waals surface area (Å²) in [6, 6.07) is 66.8. The summed E-state index contributed by atoms with van der Waals surface area (Å²) in [7, 11) is 0. The van der Waals surface area contributed by atoms with Gasteiger partial charge in [0.15, 0.2) is 0 Å². The molecule has 48 heavy (non-hydrogen) atoms. The number of fused-ring (bicyclic) bond motifs is 3. The van der Waals surface area contributed by atoms with E-state index in [1.165, 1.54) is 21.5 Å². The Morgan fingerprint density at radius 3 is 1.77 bits per heavy atom. The van der Waals surface area contributed by atoms with Crippen molar-refractivity contribution >= 4 is 49.6 Å². The molecule has 0 unspecified atom stereocenters. The van der Waals surface area contributed by atoms with Gasteiger partial charge in [0.05, 0.1) is 5.69 Å². The lowest BCUT2D eigenvalue weighted by Crippen LogP contribution is -2.10. The van der Waals surface area contributed by atoms with E-state index < -0.39 is 0 Å². The van der Waals surface area contributed by atoms with Gasteiger partial charge >= 0.3 is 0 Å². The standard InChI is InChI=1S/C46H31NO/c1-3-14-35(15-4-1)45-42-29-25-38(31-44(42)48-46(45)36-16-5-2-6-17-36)33-22-26-39(27-23-33)47(40-28-24-32-12-7-8-18-37(32)30-40)43-21-11-19-34-13-9-10-20-41(34)43/h1-31H. The first-order valence-corrected chi connectivity index (χ1v) is 16.3. The highest BCUT2D eigenvalue weighted by molar-refractivity contribution is 6.03. The zero-order valence-corrected chi connectivity index (χ0v) is 26.3. The largest absolute Gasteiger partial charge is 0.455 e. The van der Waals surface area contributed by atoms with Gasteiger partial charge in [-0.3, -0.25) is 0 Å². The van der Waals surface area contributed by atoms with E-state index in [4.69, 9.17) is 4.42 Å². The fraction of sp³-hybridized carbons (Fsp3) is 0. The van der Waals surface area contributed by atoms with Gasteiger partial charge in [-0.15, -0.1) is 0 Å². The maximum absolute atomic E-state index is 6.65. The summed E-state index contributed by atoms with van der Waals surface area (Å²) in [5, 5.41) is 5.98. The minimum Gasteiger partial charge on any atom is -0.455 e. The number of furan rings is 1. The van der Waals surface area contributed by atoms with Crippen LogP contribution >= 0.6 is 0 Å². The number of hydrogen-bond acceptors (Lipinski definition) is 2. The van der Waals surface area contributed by atoms with E-state index >= 15 is 0 Å². The number of anilines is 3. The maximum Gasteiger partial charge on any atom is 0.143 e. The summed E-state index contributed by atoms with van der Waals surface area (Å²) in [6.07, 6.45) is 0. The van der Waals surface area contributed by atoms with Gasteiger partial charge in [0.2, 0.25) is 0 Å². The number of benzene rings is 8. The Kier molecular flexibility index (Phi) is 6.84. The normalized spacial score (nSPS) is 11.3. The van der Waals surface area contributed by atoms with E-state index in [2.05, 4.69) is 187 Å². The Hall–Kier alpha value is -6.38. The van der Waals surface area contributed by atoms with Gasteiger partial charge in [0, 0.05) is 33.3 Å². The van der Waals surface area contributed by atoms with Crippen molar-refractivity contribution in [3.63, 3.8) is 0 Å². The minimum absolute atomic E-state index is 0.878. The third-order valence-electron chi connectivity index (χ3n) is 9.25. The Morgan fingerprint density at radius 1 is 0.354 bits per heavy atom. The van der Waals surface area contributed by atoms with Crippen LogP contribution in [-0.2, 0) is 0 Å². The molecule has 1 aromatic heterocycles. The van der Waals surface area contributed by atoms with Crippen LogP contribution in [0.2, 0.25) is 0 Å². The molecule has 0 radical (unpaired) electrons. The average Bonchev–Trinajstić information content (AvgIpc) is 3.55. The predicted octanol–water partition coefficient (Wildman–Crippen LogP) is 13.2. The molecule has 226 valence electrons. The minimum atomic E-state index is 0.878. The average molecular weight is 614 g/mol. The van der Waals surface area contributed by atoms with Gasteiger partial charge in [-0.1, -0.05) is 146 Å². The second kappa shape index (κ2) is 11.8. The first kappa shape index (κ1) is 27.9. The summed E-state index contributed by atoms with van der Waals surface area (Å²) in [6.45, 7) is 0. The maximum atomic E-state index is 6.65. The van der Waals surface area contributed by atoms with Gasteiger partial charge in [-0.05, 0) is 75.3 Å². The van der Waals surface area contributed by atoms with Crippen LogP contribution in [0.3, 0.4) is 0 Å². The van der Waals surface area contributed by atoms with Gasteiger partial charge in [0.25, 0.3) is 0 Å². The van der Waals surface area contributed by atoms with E-state index in [-0.39, 0.29) is 0 Å². The summed E-state index contributed by atoms with van der Waals surface area (Å²) in [5.41, 5.74) is 9.84. The summed E-state index contributed by atoms with van der Waals surface area (Å²) < 4.78 is 6.65. The van der Waals surface area contributed by atoms with Crippen molar-refractivity contribution in [3.8, 4) is 33.6 Å². The molecule has 0 atom stereocenters.